The number of aromatic nitrogens is 1. The van der Waals surface area contributed by atoms with Crippen molar-refractivity contribution in [2.45, 2.75) is 38.6 Å². The lowest BCUT2D eigenvalue weighted by atomic mass is 10.1. The number of carboxylic acids is 1. The van der Waals surface area contributed by atoms with Crippen molar-refractivity contribution in [3.05, 3.63) is 23.0 Å². The molecule has 1 unspecified atom stereocenters. The van der Waals surface area contributed by atoms with Crippen LogP contribution >= 0.6 is 11.6 Å². The number of nitrogens with zero attached hydrogens (tertiary/aromatic N) is 1. The first-order chi connectivity index (χ1) is 9.47. The predicted molar refractivity (Wildman–Crippen MR) is 76.1 cm³/mol. The van der Waals surface area contributed by atoms with Crippen LogP contribution in [0, 0.1) is 5.92 Å². The molecule has 1 aliphatic carbocycles. The van der Waals surface area contributed by atoms with Gasteiger partial charge in [0.15, 0.2) is 0 Å². The van der Waals surface area contributed by atoms with E-state index in [0.29, 0.717) is 29.7 Å². The summed E-state index contributed by atoms with van der Waals surface area (Å²) in [6.07, 6.45) is 4.64. The van der Waals surface area contributed by atoms with E-state index in [-0.39, 0.29) is 18.2 Å². The Kier molecular flexibility index (Phi) is 4.70. The zero-order valence-electron chi connectivity index (χ0n) is 11.4. The fourth-order valence-electron chi connectivity index (χ4n) is 2.11. The van der Waals surface area contributed by atoms with Crippen molar-refractivity contribution in [2.24, 2.45) is 5.92 Å². The van der Waals surface area contributed by atoms with E-state index in [9.17, 15) is 9.59 Å². The number of nitrogens with one attached hydrogen (secondary N) is 1. The van der Waals surface area contributed by atoms with Gasteiger partial charge in [0.25, 0.3) is 5.91 Å². The highest BCUT2D eigenvalue weighted by molar-refractivity contribution is 6.31. The topological polar surface area (TPSA) is 71.3 Å². The number of carbonyl (C=O) groups excluding carboxylic acids is 1. The Hall–Kier alpha value is -1.49. The zero-order chi connectivity index (χ0) is 14.7. The third kappa shape index (κ3) is 4.00. The van der Waals surface area contributed by atoms with Crippen LogP contribution in [0.5, 0.6) is 0 Å². The highest BCUT2D eigenvalue weighted by Crippen LogP contribution is 2.37. The zero-order valence-corrected chi connectivity index (χ0v) is 12.2. The standard InChI is InChI=1S/C14H19ClN2O3/c1-9(2-5-13(18)19)7-16-14(20)12-6-10(15)8-17(12)11-3-4-11/h6,8-9,11H,2-5,7H2,1H3,(H,16,20)(H,18,19). The lowest BCUT2D eigenvalue weighted by Gasteiger charge is -2.12. The largest absolute Gasteiger partial charge is 0.481 e. The average Bonchev–Trinajstić information content (AvgIpc) is 3.16. The van der Waals surface area contributed by atoms with E-state index >= 15 is 0 Å². The van der Waals surface area contributed by atoms with Crippen LogP contribution in [0.25, 0.3) is 0 Å². The lowest BCUT2D eigenvalue weighted by Crippen LogP contribution is -2.30. The number of hydrogen-bond acceptors (Lipinski definition) is 2. The van der Waals surface area contributed by atoms with Crippen molar-refractivity contribution in [1.29, 1.82) is 0 Å². The van der Waals surface area contributed by atoms with E-state index in [1.807, 2.05) is 11.5 Å². The molecular formula is C14H19ClN2O3. The minimum Gasteiger partial charge on any atom is -0.481 e. The molecule has 0 radical (unpaired) electrons. The van der Waals surface area contributed by atoms with Gasteiger partial charge in [0.2, 0.25) is 0 Å². The van der Waals surface area contributed by atoms with Crippen LogP contribution < -0.4 is 5.32 Å². The molecule has 1 amide bonds. The molecule has 2 rings (SSSR count). The predicted octanol–water partition coefficient (Wildman–Crippen LogP) is 2.71. The van der Waals surface area contributed by atoms with E-state index in [2.05, 4.69) is 5.32 Å². The van der Waals surface area contributed by atoms with Crippen LogP contribution in [0.2, 0.25) is 5.02 Å². The summed E-state index contributed by atoms with van der Waals surface area (Å²) < 4.78 is 1.93. The number of rotatable bonds is 7. The van der Waals surface area contributed by atoms with Gasteiger partial charge in [-0.2, -0.15) is 0 Å². The Labute approximate surface area is 122 Å². The molecule has 110 valence electrons. The molecule has 1 aromatic rings. The Balaban J connectivity index is 1.87. The first-order valence-corrected chi connectivity index (χ1v) is 7.22. The second kappa shape index (κ2) is 6.31. The summed E-state index contributed by atoms with van der Waals surface area (Å²) in [5.74, 6) is -0.821. The van der Waals surface area contributed by atoms with E-state index in [0.717, 1.165) is 12.8 Å². The van der Waals surface area contributed by atoms with E-state index in [4.69, 9.17) is 16.7 Å². The monoisotopic (exact) mass is 298 g/mol. The summed E-state index contributed by atoms with van der Waals surface area (Å²) in [6.45, 7) is 2.40. The highest BCUT2D eigenvalue weighted by atomic mass is 35.5. The number of hydrogen-bond donors (Lipinski definition) is 2. The van der Waals surface area contributed by atoms with Crippen molar-refractivity contribution in [3.8, 4) is 0 Å². The normalized spacial score (nSPS) is 15.9. The van der Waals surface area contributed by atoms with Gasteiger partial charge in [0.1, 0.15) is 5.69 Å². The molecule has 0 aliphatic heterocycles. The molecule has 1 aliphatic rings. The van der Waals surface area contributed by atoms with Gasteiger partial charge in [0.05, 0.1) is 5.02 Å². The maximum atomic E-state index is 12.1. The third-order valence-corrected chi connectivity index (χ3v) is 3.66. The van der Waals surface area contributed by atoms with E-state index in [1.54, 1.807) is 12.3 Å². The van der Waals surface area contributed by atoms with Gasteiger partial charge >= 0.3 is 5.97 Å². The summed E-state index contributed by atoms with van der Waals surface area (Å²) in [5.41, 5.74) is 0.586. The molecule has 0 bridgehead atoms. The van der Waals surface area contributed by atoms with Crippen LogP contribution in [0.1, 0.15) is 49.1 Å². The Morgan fingerprint density at radius 3 is 2.85 bits per heavy atom. The molecule has 2 N–H and O–H groups in total. The maximum absolute atomic E-state index is 12.1. The van der Waals surface area contributed by atoms with Crippen LogP contribution in [-0.4, -0.2) is 28.1 Å². The van der Waals surface area contributed by atoms with Gasteiger partial charge in [-0.1, -0.05) is 18.5 Å². The Morgan fingerprint density at radius 2 is 2.25 bits per heavy atom. The summed E-state index contributed by atoms with van der Waals surface area (Å²) >= 11 is 5.96. The van der Waals surface area contributed by atoms with E-state index in [1.165, 1.54) is 0 Å². The van der Waals surface area contributed by atoms with Crippen molar-refractivity contribution in [1.82, 2.24) is 9.88 Å². The van der Waals surface area contributed by atoms with Gasteiger partial charge in [-0.15, -0.1) is 0 Å². The quantitative estimate of drug-likeness (QED) is 0.813. The summed E-state index contributed by atoms with van der Waals surface area (Å²) in [5, 5.41) is 12.0. The summed E-state index contributed by atoms with van der Waals surface area (Å²) in [6, 6.07) is 2.07. The molecular weight excluding hydrogens is 280 g/mol. The molecule has 0 spiro atoms. The van der Waals surface area contributed by atoms with Crippen molar-refractivity contribution in [3.63, 3.8) is 0 Å². The molecule has 1 saturated carbocycles. The van der Waals surface area contributed by atoms with Crippen molar-refractivity contribution >= 4 is 23.5 Å². The molecule has 1 heterocycles. The van der Waals surface area contributed by atoms with Gasteiger partial charge < -0.3 is 15.0 Å². The molecule has 0 aromatic carbocycles. The summed E-state index contributed by atoms with van der Waals surface area (Å²) in [4.78, 5) is 22.6. The number of aliphatic carboxylic acids is 1. The third-order valence-electron chi connectivity index (χ3n) is 3.45. The molecule has 1 aromatic heterocycles. The average molecular weight is 299 g/mol. The SMILES string of the molecule is CC(CCC(=O)O)CNC(=O)c1cc(Cl)cn1C1CC1. The minimum atomic E-state index is -0.808. The lowest BCUT2D eigenvalue weighted by molar-refractivity contribution is -0.137. The van der Waals surface area contributed by atoms with Crippen LogP contribution in [-0.2, 0) is 4.79 Å². The molecule has 5 nitrogen and oxygen atoms in total. The maximum Gasteiger partial charge on any atom is 0.303 e. The fraction of sp³-hybridized carbons (Fsp3) is 0.571. The van der Waals surface area contributed by atoms with Crippen LogP contribution in [0.3, 0.4) is 0 Å². The first kappa shape index (κ1) is 14.9. The second-order valence-corrected chi connectivity index (χ2v) is 5.87. The van der Waals surface area contributed by atoms with Gasteiger partial charge in [0, 0.05) is 25.2 Å². The molecule has 6 heteroatoms. The van der Waals surface area contributed by atoms with Crippen molar-refractivity contribution < 1.29 is 14.7 Å². The molecule has 20 heavy (non-hydrogen) atoms. The second-order valence-electron chi connectivity index (χ2n) is 5.43. The Bertz CT molecular complexity index is 509. The number of carbonyl (C=O) groups is 2. The van der Waals surface area contributed by atoms with Crippen LogP contribution in [0.15, 0.2) is 12.3 Å². The first-order valence-electron chi connectivity index (χ1n) is 6.84. The minimum absolute atomic E-state index is 0.126. The van der Waals surface area contributed by atoms with E-state index < -0.39 is 5.97 Å². The van der Waals surface area contributed by atoms with Gasteiger partial charge in [-0.05, 0) is 31.2 Å². The Morgan fingerprint density at radius 1 is 1.55 bits per heavy atom. The molecule has 1 atom stereocenters. The van der Waals surface area contributed by atoms with Crippen LogP contribution in [0.4, 0.5) is 0 Å². The molecule has 1 fully saturated rings. The fourth-order valence-corrected chi connectivity index (χ4v) is 2.32. The number of carboxylic acid groups (broad SMARTS) is 1. The van der Waals surface area contributed by atoms with Gasteiger partial charge in [-0.25, -0.2) is 0 Å². The number of halogens is 1. The van der Waals surface area contributed by atoms with Gasteiger partial charge in [-0.3, -0.25) is 9.59 Å². The molecule has 0 saturated heterocycles. The number of amides is 1. The smallest absolute Gasteiger partial charge is 0.303 e. The highest BCUT2D eigenvalue weighted by Gasteiger charge is 2.27. The van der Waals surface area contributed by atoms with Crippen molar-refractivity contribution in [2.75, 3.05) is 6.54 Å². The summed E-state index contributed by atoms with van der Waals surface area (Å²) in [7, 11) is 0.